The lowest BCUT2D eigenvalue weighted by Crippen LogP contribution is -2.29. The lowest BCUT2D eigenvalue weighted by molar-refractivity contribution is 0.0929. The lowest BCUT2D eigenvalue weighted by Gasteiger charge is -2.12. The molecule has 1 atom stereocenters. The van der Waals surface area contributed by atoms with Gasteiger partial charge in [-0.3, -0.25) is 4.79 Å². The zero-order chi connectivity index (χ0) is 13.0. The van der Waals surface area contributed by atoms with E-state index in [1.807, 2.05) is 23.8 Å². The highest BCUT2D eigenvalue weighted by atomic mass is 16.2. The van der Waals surface area contributed by atoms with E-state index in [4.69, 9.17) is 0 Å². The van der Waals surface area contributed by atoms with E-state index < -0.39 is 0 Å². The van der Waals surface area contributed by atoms with E-state index in [9.17, 15) is 4.79 Å². The van der Waals surface area contributed by atoms with Crippen molar-refractivity contribution < 1.29 is 4.79 Å². The van der Waals surface area contributed by atoms with Gasteiger partial charge in [0.25, 0.3) is 5.91 Å². The Bertz CT molecular complexity index is 503. The van der Waals surface area contributed by atoms with Gasteiger partial charge in [0.1, 0.15) is 5.69 Å². The molecule has 0 aliphatic rings. The molecule has 0 aromatic carbocycles. The number of aromatic nitrogens is 5. The first kappa shape index (κ1) is 12.3. The summed E-state index contributed by atoms with van der Waals surface area (Å²) in [4.78, 5) is 12.1. The van der Waals surface area contributed by atoms with Crippen LogP contribution in [0, 0.1) is 0 Å². The van der Waals surface area contributed by atoms with Gasteiger partial charge in [-0.15, -0.1) is 10.2 Å². The number of carbonyl (C=O) groups is 1. The lowest BCUT2D eigenvalue weighted by atomic mass is 10.3. The summed E-state index contributed by atoms with van der Waals surface area (Å²) in [6.45, 7) is 4.71. The predicted octanol–water partition coefficient (Wildman–Crippen LogP) is 0.902. The summed E-state index contributed by atoms with van der Waals surface area (Å²) < 4.78 is 1.93. The van der Waals surface area contributed by atoms with Gasteiger partial charge in [-0.1, -0.05) is 12.1 Å². The van der Waals surface area contributed by atoms with Crippen LogP contribution in [0.25, 0.3) is 0 Å². The molecule has 2 heterocycles. The summed E-state index contributed by atoms with van der Waals surface area (Å²) in [5, 5.41) is 16.4. The molecular formula is C11H16N6O. The van der Waals surface area contributed by atoms with Gasteiger partial charge < -0.3 is 9.88 Å². The van der Waals surface area contributed by atoms with E-state index in [0.29, 0.717) is 11.5 Å². The van der Waals surface area contributed by atoms with Gasteiger partial charge in [0, 0.05) is 12.7 Å². The first-order valence-corrected chi connectivity index (χ1v) is 5.91. The van der Waals surface area contributed by atoms with Crippen LogP contribution in [0.4, 0.5) is 0 Å². The topological polar surface area (TPSA) is 88.5 Å². The molecule has 1 amide bonds. The summed E-state index contributed by atoms with van der Waals surface area (Å²) in [6.07, 6.45) is 2.88. The number of hydrogen-bond donors (Lipinski definition) is 2. The minimum atomic E-state index is -0.277. The minimum Gasteiger partial charge on any atom is -0.344 e. The summed E-state index contributed by atoms with van der Waals surface area (Å²) >= 11 is 0. The highest BCUT2D eigenvalue weighted by molar-refractivity contribution is 5.92. The molecule has 7 nitrogen and oxygen atoms in total. The Labute approximate surface area is 105 Å². The van der Waals surface area contributed by atoms with Crippen LogP contribution in [0.3, 0.4) is 0 Å². The number of H-pyrrole nitrogens is 1. The maximum absolute atomic E-state index is 12.1. The van der Waals surface area contributed by atoms with Gasteiger partial charge in [-0.2, -0.15) is 5.21 Å². The molecule has 1 unspecified atom stereocenters. The van der Waals surface area contributed by atoms with E-state index in [1.165, 1.54) is 0 Å². The fourth-order valence-electron chi connectivity index (χ4n) is 1.74. The highest BCUT2D eigenvalue weighted by Gasteiger charge is 2.16. The largest absolute Gasteiger partial charge is 0.344 e. The molecule has 2 N–H and O–H groups in total. The van der Waals surface area contributed by atoms with Crippen LogP contribution in [0.2, 0.25) is 0 Å². The van der Waals surface area contributed by atoms with Crippen molar-refractivity contribution in [2.45, 2.75) is 32.9 Å². The Hall–Kier alpha value is -2.18. The van der Waals surface area contributed by atoms with E-state index in [2.05, 4.69) is 32.9 Å². The third-order valence-electron chi connectivity index (χ3n) is 2.62. The SMILES string of the molecule is CCCn1cccc1C(=O)NC(C)c1nn[nH]n1. The molecule has 7 heteroatoms. The Balaban J connectivity index is 2.05. The quantitative estimate of drug-likeness (QED) is 0.822. The monoisotopic (exact) mass is 248 g/mol. The molecule has 2 aromatic heterocycles. The number of nitrogens with zero attached hydrogens (tertiary/aromatic N) is 4. The fraction of sp³-hybridized carbons (Fsp3) is 0.455. The predicted molar refractivity (Wildman–Crippen MR) is 64.8 cm³/mol. The van der Waals surface area contributed by atoms with Crippen molar-refractivity contribution in [1.82, 2.24) is 30.5 Å². The van der Waals surface area contributed by atoms with Crippen LogP contribution in [0.5, 0.6) is 0 Å². The molecule has 0 aliphatic heterocycles. The van der Waals surface area contributed by atoms with Gasteiger partial charge >= 0.3 is 0 Å². The Morgan fingerprint density at radius 3 is 3.11 bits per heavy atom. The molecule has 2 rings (SSSR count). The van der Waals surface area contributed by atoms with Gasteiger partial charge in [0.05, 0.1) is 6.04 Å². The molecule has 96 valence electrons. The van der Waals surface area contributed by atoms with Gasteiger partial charge in [0.15, 0.2) is 5.82 Å². The molecule has 18 heavy (non-hydrogen) atoms. The third kappa shape index (κ3) is 2.55. The van der Waals surface area contributed by atoms with Crippen LogP contribution in [-0.4, -0.2) is 31.1 Å². The molecule has 0 aliphatic carbocycles. The van der Waals surface area contributed by atoms with Crippen molar-refractivity contribution in [3.8, 4) is 0 Å². The molecule has 0 bridgehead atoms. The second-order valence-corrected chi connectivity index (χ2v) is 4.05. The van der Waals surface area contributed by atoms with E-state index in [1.54, 1.807) is 6.07 Å². The normalized spacial score (nSPS) is 12.3. The fourth-order valence-corrected chi connectivity index (χ4v) is 1.74. The number of aryl methyl sites for hydroxylation is 1. The van der Waals surface area contributed by atoms with Crippen LogP contribution < -0.4 is 5.32 Å². The van der Waals surface area contributed by atoms with Crippen molar-refractivity contribution in [2.75, 3.05) is 0 Å². The first-order valence-electron chi connectivity index (χ1n) is 5.91. The number of hydrogen-bond acceptors (Lipinski definition) is 4. The second kappa shape index (κ2) is 5.44. The Morgan fingerprint density at radius 2 is 2.44 bits per heavy atom. The maximum Gasteiger partial charge on any atom is 0.268 e. The number of amides is 1. The van der Waals surface area contributed by atoms with Crippen LogP contribution in [0.1, 0.15) is 42.6 Å². The number of tetrazole rings is 1. The van der Waals surface area contributed by atoms with Gasteiger partial charge in [-0.05, 0) is 25.5 Å². The summed E-state index contributed by atoms with van der Waals surface area (Å²) in [7, 11) is 0. The molecule has 0 fully saturated rings. The average Bonchev–Trinajstić information content (AvgIpc) is 3.00. The Kier molecular flexibility index (Phi) is 3.71. The summed E-state index contributed by atoms with van der Waals surface area (Å²) in [5.41, 5.74) is 0.646. The average molecular weight is 248 g/mol. The zero-order valence-electron chi connectivity index (χ0n) is 10.4. The molecule has 0 saturated heterocycles. The van der Waals surface area contributed by atoms with Crippen molar-refractivity contribution in [1.29, 1.82) is 0 Å². The summed E-state index contributed by atoms with van der Waals surface area (Å²) in [6, 6.07) is 3.39. The molecule has 0 spiro atoms. The molecule has 0 radical (unpaired) electrons. The number of aromatic amines is 1. The summed E-state index contributed by atoms with van der Waals surface area (Å²) in [5.74, 6) is 0.336. The first-order chi connectivity index (χ1) is 8.72. The molecule has 0 saturated carbocycles. The third-order valence-corrected chi connectivity index (χ3v) is 2.62. The number of carbonyl (C=O) groups excluding carboxylic acids is 1. The zero-order valence-corrected chi connectivity index (χ0v) is 10.4. The van der Waals surface area contributed by atoms with Crippen molar-refractivity contribution in [2.24, 2.45) is 0 Å². The van der Waals surface area contributed by atoms with Gasteiger partial charge in [0.2, 0.25) is 0 Å². The maximum atomic E-state index is 12.1. The highest BCUT2D eigenvalue weighted by Crippen LogP contribution is 2.08. The van der Waals surface area contributed by atoms with Crippen molar-refractivity contribution in [3.05, 3.63) is 29.8 Å². The second-order valence-electron chi connectivity index (χ2n) is 4.05. The van der Waals surface area contributed by atoms with E-state index in [0.717, 1.165) is 13.0 Å². The standard InChI is InChI=1S/C11H16N6O/c1-3-6-17-7-4-5-9(17)11(18)12-8(2)10-13-15-16-14-10/h4-5,7-8H,3,6H2,1-2H3,(H,12,18)(H,13,14,15,16). The van der Waals surface area contributed by atoms with E-state index in [-0.39, 0.29) is 11.9 Å². The van der Waals surface area contributed by atoms with Gasteiger partial charge in [-0.25, -0.2) is 0 Å². The minimum absolute atomic E-state index is 0.134. The van der Waals surface area contributed by atoms with Crippen LogP contribution >= 0.6 is 0 Å². The van der Waals surface area contributed by atoms with Crippen LogP contribution in [0.15, 0.2) is 18.3 Å². The smallest absolute Gasteiger partial charge is 0.268 e. The van der Waals surface area contributed by atoms with Crippen molar-refractivity contribution in [3.63, 3.8) is 0 Å². The van der Waals surface area contributed by atoms with Crippen molar-refractivity contribution >= 4 is 5.91 Å². The number of nitrogens with one attached hydrogen (secondary N) is 2. The molecular weight excluding hydrogens is 232 g/mol. The number of rotatable bonds is 5. The van der Waals surface area contributed by atoms with E-state index >= 15 is 0 Å². The Morgan fingerprint density at radius 1 is 1.61 bits per heavy atom. The molecule has 2 aromatic rings. The van der Waals surface area contributed by atoms with Crippen LogP contribution in [-0.2, 0) is 6.54 Å².